The van der Waals surface area contributed by atoms with E-state index in [1.165, 1.54) is 11.8 Å². The van der Waals surface area contributed by atoms with Crippen LogP contribution in [0.4, 0.5) is 0 Å². The van der Waals surface area contributed by atoms with E-state index in [0.29, 0.717) is 10.7 Å². The van der Waals surface area contributed by atoms with Crippen LogP contribution in [-0.4, -0.2) is 15.7 Å². The standard InChI is InChI=1S/C11H8ClNOS2/c1-15-11-13-9(10(14)16-11)6-7-4-2-3-5-8(7)12/h2-6H,1H3/b9-6-. The van der Waals surface area contributed by atoms with Crippen LogP contribution in [0.2, 0.25) is 5.02 Å². The van der Waals surface area contributed by atoms with E-state index >= 15 is 0 Å². The van der Waals surface area contributed by atoms with Gasteiger partial charge in [-0.15, -0.1) is 11.8 Å². The normalized spacial score (nSPS) is 18.0. The van der Waals surface area contributed by atoms with Crippen molar-refractivity contribution in [3.63, 3.8) is 0 Å². The zero-order valence-corrected chi connectivity index (χ0v) is 10.8. The molecule has 5 heteroatoms. The predicted octanol–water partition coefficient (Wildman–Crippen LogP) is 3.67. The first-order valence-corrected chi connectivity index (χ1v) is 6.93. The average molecular weight is 270 g/mol. The van der Waals surface area contributed by atoms with Crippen LogP contribution in [-0.2, 0) is 4.79 Å². The van der Waals surface area contributed by atoms with Crippen LogP contribution < -0.4 is 0 Å². The van der Waals surface area contributed by atoms with E-state index < -0.39 is 0 Å². The molecule has 2 rings (SSSR count). The van der Waals surface area contributed by atoms with Crippen LogP contribution in [0, 0.1) is 0 Å². The average Bonchev–Trinajstić information content (AvgIpc) is 2.63. The van der Waals surface area contributed by atoms with Gasteiger partial charge in [0.1, 0.15) is 10.1 Å². The second-order valence-corrected chi connectivity index (χ2v) is 5.44. The lowest BCUT2D eigenvalue weighted by Gasteiger charge is -1.96. The van der Waals surface area contributed by atoms with Crippen molar-refractivity contribution in [2.24, 2.45) is 4.99 Å². The highest BCUT2D eigenvalue weighted by molar-refractivity contribution is 8.45. The minimum absolute atomic E-state index is 0.0238. The van der Waals surface area contributed by atoms with Crippen LogP contribution in [0.5, 0.6) is 0 Å². The lowest BCUT2D eigenvalue weighted by molar-refractivity contribution is -0.107. The third-order valence-corrected chi connectivity index (χ3v) is 4.17. The Hall–Kier alpha value is -0.710. The number of carbonyl (C=O) groups is 1. The van der Waals surface area contributed by atoms with Crippen molar-refractivity contribution in [3.05, 3.63) is 40.5 Å². The number of hydrogen-bond acceptors (Lipinski definition) is 4. The Bertz CT molecular complexity index is 497. The summed E-state index contributed by atoms with van der Waals surface area (Å²) in [5.74, 6) is 0. The first kappa shape index (κ1) is 11.8. The fourth-order valence-electron chi connectivity index (χ4n) is 1.22. The molecule has 0 unspecified atom stereocenters. The molecule has 0 atom stereocenters. The summed E-state index contributed by atoms with van der Waals surface area (Å²) < 4.78 is 0.781. The van der Waals surface area contributed by atoms with Gasteiger partial charge < -0.3 is 0 Å². The van der Waals surface area contributed by atoms with Crippen LogP contribution >= 0.6 is 35.1 Å². The summed E-state index contributed by atoms with van der Waals surface area (Å²) in [6.45, 7) is 0. The molecule has 1 aromatic rings. The Kier molecular flexibility index (Phi) is 3.74. The van der Waals surface area contributed by atoms with Gasteiger partial charge in [-0.05, 0) is 35.7 Å². The van der Waals surface area contributed by atoms with Crippen LogP contribution in [0.15, 0.2) is 35.0 Å². The van der Waals surface area contributed by atoms with Crippen molar-refractivity contribution < 1.29 is 4.79 Å². The summed E-state index contributed by atoms with van der Waals surface area (Å²) >= 11 is 8.64. The number of rotatable bonds is 1. The first-order valence-electron chi connectivity index (χ1n) is 4.52. The van der Waals surface area contributed by atoms with Gasteiger partial charge in [-0.3, -0.25) is 4.79 Å². The highest BCUT2D eigenvalue weighted by Crippen LogP contribution is 2.30. The molecule has 0 N–H and O–H groups in total. The molecule has 0 bridgehead atoms. The second-order valence-electron chi connectivity index (χ2n) is 3.02. The molecule has 0 fully saturated rings. The second kappa shape index (κ2) is 5.08. The lowest BCUT2D eigenvalue weighted by atomic mass is 10.2. The molecule has 1 aromatic carbocycles. The van der Waals surface area contributed by atoms with E-state index in [1.54, 1.807) is 12.1 Å². The Morgan fingerprint density at radius 2 is 2.19 bits per heavy atom. The van der Waals surface area contributed by atoms with E-state index in [2.05, 4.69) is 4.99 Å². The Balaban J connectivity index is 2.35. The number of aliphatic imine (C=N–C) groups is 1. The van der Waals surface area contributed by atoms with E-state index in [1.807, 2.05) is 24.5 Å². The van der Waals surface area contributed by atoms with Gasteiger partial charge in [0.15, 0.2) is 0 Å². The highest BCUT2D eigenvalue weighted by Gasteiger charge is 2.21. The third-order valence-electron chi connectivity index (χ3n) is 1.97. The summed E-state index contributed by atoms with van der Waals surface area (Å²) in [4.78, 5) is 15.8. The number of halogens is 1. The molecule has 1 heterocycles. The molecule has 82 valence electrons. The van der Waals surface area contributed by atoms with Crippen molar-refractivity contribution in [2.75, 3.05) is 6.26 Å². The fourth-order valence-corrected chi connectivity index (χ4v) is 2.67. The van der Waals surface area contributed by atoms with Gasteiger partial charge in [0.2, 0.25) is 5.12 Å². The number of nitrogens with zero attached hydrogens (tertiary/aromatic N) is 1. The van der Waals surface area contributed by atoms with E-state index in [-0.39, 0.29) is 5.12 Å². The topological polar surface area (TPSA) is 29.4 Å². The van der Waals surface area contributed by atoms with E-state index in [0.717, 1.165) is 21.7 Å². The van der Waals surface area contributed by atoms with Crippen LogP contribution in [0.25, 0.3) is 6.08 Å². The maximum absolute atomic E-state index is 11.6. The number of thioether (sulfide) groups is 2. The molecular formula is C11H8ClNOS2. The Labute approximate surface area is 107 Å². The van der Waals surface area contributed by atoms with Crippen LogP contribution in [0.3, 0.4) is 0 Å². The fraction of sp³-hybridized carbons (Fsp3) is 0.0909. The number of hydrogen-bond donors (Lipinski definition) is 0. The zero-order chi connectivity index (χ0) is 11.5. The van der Waals surface area contributed by atoms with Gasteiger partial charge in [0.05, 0.1) is 0 Å². The van der Waals surface area contributed by atoms with Crippen molar-refractivity contribution in [1.82, 2.24) is 0 Å². The molecular weight excluding hydrogens is 262 g/mol. The van der Waals surface area contributed by atoms with E-state index in [9.17, 15) is 4.79 Å². The highest BCUT2D eigenvalue weighted by atomic mass is 35.5. The molecule has 0 aromatic heterocycles. The quantitative estimate of drug-likeness (QED) is 0.729. The maximum atomic E-state index is 11.6. The number of benzene rings is 1. The molecule has 0 spiro atoms. The lowest BCUT2D eigenvalue weighted by Crippen LogP contribution is -1.88. The summed E-state index contributed by atoms with van der Waals surface area (Å²) in [5, 5.41) is 0.602. The summed E-state index contributed by atoms with van der Waals surface area (Å²) in [6, 6.07) is 7.38. The van der Waals surface area contributed by atoms with Crippen molar-refractivity contribution in [2.45, 2.75) is 0 Å². The van der Waals surface area contributed by atoms with Crippen molar-refractivity contribution >= 4 is 50.7 Å². The monoisotopic (exact) mass is 269 g/mol. The van der Waals surface area contributed by atoms with Gasteiger partial charge in [0, 0.05) is 5.02 Å². The van der Waals surface area contributed by atoms with E-state index in [4.69, 9.17) is 11.6 Å². The van der Waals surface area contributed by atoms with Gasteiger partial charge in [-0.25, -0.2) is 4.99 Å². The first-order chi connectivity index (χ1) is 7.70. The maximum Gasteiger partial charge on any atom is 0.244 e. The summed E-state index contributed by atoms with van der Waals surface area (Å²) in [6.07, 6.45) is 3.62. The molecule has 0 radical (unpaired) electrons. The van der Waals surface area contributed by atoms with Gasteiger partial charge in [0.25, 0.3) is 0 Å². The smallest absolute Gasteiger partial charge is 0.244 e. The van der Waals surface area contributed by atoms with Gasteiger partial charge >= 0.3 is 0 Å². The molecule has 16 heavy (non-hydrogen) atoms. The third kappa shape index (κ3) is 2.51. The van der Waals surface area contributed by atoms with Crippen molar-refractivity contribution in [3.8, 4) is 0 Å². The zero-order valence-electron chi connectivity index (χ0n) is 8.44. The predicted molar refractivity (Wildman–Crippen MR) is 73.0 cm³/mol. The molecule has 0 amide bonds. The summed E-state index contributed by atoms with van der Waals surface area (Å²) in [7, 11) is 0. The summed E-state index contributed by atoms with van der Waals surface area (Å²) in [5.41, 5.74) is 1.28. The SMILES string of the molecule is CSC1=N/C(=C\c2ccccc2Cl)C(=O)S1. The molecule has 1 aliphatic rings. The van der Waals surface area contributed by atoms with Gasteiger partial charge in [-0.1, -0.05) is 29.8 Å². The van der Waals surface area contributed by atoms with Gasteiger partial charge in [-0.2, -0.15) is 0 Å². The molecule has 0 aliphatic carbocycles. The van der Waals surface area contributed by atoms with Crippen molar-refractivity contribution in [1.29, 1.82) is 0 Å². The molecule has 0 saturated carbocycles. The molecule has 1 aliphatic heterocycles. The Morgan fingerprint density at radius 1 is 1.44 bits per heavy atom. The minimum atomic E-state index is -0.0238. The molecule has 0 saturated heterocycles. The molecule has 2 nitrogen and oxygen atoms in total. The Morgan fingerprint density at radius 3 is 2.81 bits per heavy atom. The largest absolute Gasteiger partial charge is 0.279 e. The number of carbonyl (C=O) groups excluding carboxylic acids is 1. The van der Waals surface area contributed by atoms with Crippen LogP contribution in [0.1, 0.15) is 5.56 Å². The minimum Gasteiger partial charge on any atom is -0.279 e.